The molecule has 1 heterocycles. The van der Waals surface area contributed by atoms with Gasteiger partial charge in [0.1, 0.15) is 11.6 Å². The topological polar surface area (TPSA) is 79.4 Å². The van der Waals surface area contributed by atoms with E-state index in [9.17, 15) is 4.79 Å². The molecule has 0 aliphatic rings. The Morgan fingerprint density at radius 2 is 1.88 bits per heavy atom. The van der Waals surface area contributed by atoms with Gasteiger partial charge >= 0.3 is 0 Å². The predicted molar refractivity (Wildman–Crippen MR) is 99.3 cm³/mol. The van der Waals surface area contributed by atoms with Gasteiger partial charge in [-0.25, -0.2) is 4.98 Å². The van der Waals surface area contributed by atoms with Gasteiger partial charge in [0.05, 0.1) is 13.5 Å². The summed E-state index contributed by atoms with van der Waals surface area (Å²) in [5.74, 6) is 2.17. The van der Waals surface area contributed by atoms with Crippen LogP contribution in [0.25, 0.3) is 0 Å². The van der Waals surface area contributed by atoms with Crippen LogP contribution in [0.15, 0.2) is 30.3 Å². The summed E-state index contributed by atoms with van der Waals surface area (Å²) in [5.41, 5.74) is 1.84. The molecule has 0 fully saturated rings. The number of ether oxygens (including phenoxy) is 1. The maximum absolute atomic E-state index is 12.0. The Morgan fingerprint density at radius 3 is 2.52 bits per heavy atom. The second-order valence-electron chi connectivity index (χ2n) is 5.89. The number of anilines is 2. The smallest absolute Gasteiger partial charge is 0.224 e. The fraction of sp³-hybridized carbons (Fsp3) is 0.389. The van der Waals surface area contributed by atoms with Gasteiger partial charge in [0.2, 0.25) is 11.9 Å². The van der Waals surface area contributed by atoms with Crippen molar-refractivity contribution in [3.05, 3.63) is 41.6 Å². The fourth-order valence-electron chi connectivity index (χ4n) is 2.23. The van der Waals surface area contributed by atoms with Crippen LogP contribution >= 0.6 is 0 Å². The number of carbonyl (C=O) groups excluding carboxylic acids is 1. The first-order valence-corrected chi connectivity index (χ1v) is 8.14. The van der Waals surface area contributed by atoms with Crippen LogP contribution in [0.1, 0.15) is 11.3 Å². The predicted octanol–water partition coefficient (Wildman–Crippen LogP) is 1.63. The van der Waals surface area contributed by atoms with Crippen LogP contribution in [0.5, 0.6) is 5.75 Å². The van der Waals surface area contributed by atoms with Gasteiger partial charge in [0.25, 0.3) is 0 Å². The van der Waals surface area contributed by atoms with E-state index in [0.717, 1.165) is 22.8 Å². The second kappa shape index (κ2) is 8.86. The molecule has 0 radical (unpaired) electrons. The molecule has 0 spiro atoms. The number of rotatable bonds is 8. The summed E-state index contributed by atoms with van der Waals surface area (Å²) in [7, 11) is 5.49. The summed E-state index contributed by atoms with van der Waals surface area (Å²) < 4.78 is 5.10. The van der Waals surface area contributed by atoms with E-state index < -0.39 is 0 Å². The van der Waals surface area contributed by atoms with Crippen LogP contribution in [0.2, 0.25) is 0 Å². The molecule has 1 aromatic carbocycles. The molecule has 0 aliphatic heterocycles. The average molecular weight is 343 g/mol. The number of aromatic nitrogens is 2. The van der Waals surface area contributed by atoms with Crippen molar-refractivity contribution >= 4 is 17.7 Å². The van der Waals surface area contributed by atoms with Crippen LogP contribution in [-0.4, -0.2) is 50.2 Å². The highest BCUT2D eigenvalue weighted by molar-refractivity contribution is 5.78. The Balaban J connectivity index is 1.76. The molecule has 1 aromatic heterocycles. The maximum Gasteiger partial charge on any atom is 0.224 e. The highest BCUT2D eigenvalue weighted by Gasteiger charge is 2.05. The SMILES string of the molecule is COc1ccc(CC(=O)NCCNc2nc(C)cc(N(C)C)n2)cc1. The number of hydrogen-bond donors (Lipinski definition) is 2. The third-order valence-electron chi connectivity index (χ3n) is 3.55. The summed E-state index contributed by atoms with van der Waals surface area (Å²) in [4.78, 5) is 22.7. The average Bonchev–Trinajstić information content (AvgIpc) is 2.59. The normalized spacial score (nSPS) is 10.2. The van der Waals surface area contributed by atoms with Crippen molar-refractivity contribution in [1.82, 2.24) is 15.3 Å². The molecule has 134 valence electrons. The van der Waals surface area contributed by atoms with Crippen molar-refractivity contribution in [2.75, 3.05) is 44.5 Å². The maximum atomic E-state index is 12.0. The number of aryl methyl sites for hydroxylation is 1. The number of methoxy groups -OCH3 is 1. The molecule has 0 bridgehead atoms. The van der Waals surface area contributed by atoms with E-state index in [1.807, 2.05) is 56.3 Å². The fourth-order valence-corrected chi connectivity index (χ4v) is 2.23. The molecule has 0 saturated carbocycles. The standard InChI is InChI=1S/C18H25N5O2/c1-13-11-16(23(2)3)22-18(21-13)20-10-9-19-17(24)12-14-5-7-15(25-4)8-6-14/h5-8,11H,9-10,12H2,1-4H3,(H,19,24)(H,20,21,22). The molecular weight excluding hydrogens is 318 g/mol. The minimum atomic E-state index is -0.0221. The third kappa shape index (κ3) is 5.95. The second-order valence-corrected chi connectivity index (χ2v) is 5.89. The molecule has 0 atom stereocenters. The van der Waals surface area contributed by atoms with E-state index in [1.165, 1.54) is 0 Å². The molecular formula is C18H25N5O2. The molecule has 2 aromatic rings. The van der Waals surface area contributed by atoms with Crippen LogP contribution in [0.4, 0.5) is 11.8 Å². The summed E-state index contributed by atoms with van der Waals surface area (Å²) in [6.07, 6.45) is 0.343. The lowest BCUT2D eigenvalue weighted by molar-refractivity contribution is -0.120. The largest absolute Gasteiger partial charge is 0.497 e. The molecule has 25 heavy (non-hydrogen) atoms. The first kappa shape index (κ1) is 18.5. The van der Waals surface area contributed by atoms with Crippen molar-refractivity contribution in [2.24, 2.45) is 0 Å². The van der Waals surface area contributed by atoms with E-state index >= 15 is 0 Å². The van der Waals surface area contributed by atoms with Gasteiger partial charge in [0, 0.05) is 38.9 Å². The Hall–Kier alpha value is -2.83. The zero-order chi connectivity index (χ0) is 18.2. The molecule has 2 N–H and O–H groups in total. The zero-order valence-electron chi connectivity index (χ0n) is 15.2. The van der Waals surface area contributed by atoms with Crippen LogP contribution in [-0.2, 0) is 11.2 Å². The molecule has 0 saturated heterocycles. The van der Waals surface area contributed by atoms with E-state index in [-0.39, 0.29) is 5.91 Å². The van der Waals surface area contributed by atoms with Crippen LogP contribution < -0.4 is 20.3 Å². The van der Waals surface area contributed by atoms with Gasteiger partial charge in [-0.3, -0.25) is 4.79 Å². The van der Waals surface area contributed by atoms with E-state index in [4.69, 9.17) is 4.74 Å². The minimum Gasteiger partial charge on any atom is -0.497 e. The van der Waals surface area contributed by atoms with Crippen LogP contribution in [0, 0.1) is 6.92 Å². The zero-order valence-corrected chi connectivity index (χ0v) is 15.2. The Labute approximate surface area is 148 Å². The first-order valence-electron chi connectivity index (χ1n) is 8.14. The first-order chi connectivity index (χ1) is 12.0. The van der Waals surface area contributed by atoms with Gasteiger partial charge < -0.3 is 20.3 Å². The van der Waals surface area contributed by atoms with E-state index in [2.05, 4.69) is 20.6 Å². The van der Waals surface area contributed by atoms with Gasteiger partial charge in [-0.1, -0.05) is 12.1 Å². The van der Waals surface area contributed by atoms with Crippen molar-refractivity contribution in [3.8, 4) is 5.75 Å². The summed E-state index contributed by atoms with van der Waals surface area (Å²) >= 11 is 0. The minimum absolute atomic E-state index is 0.0221. The van der Waals surface area contributed by atoms with E-state index in [1.54, 1.807) is 7.11 Å². The van der Waals surface area contributed by atoms with E-state index in [0.29, 0.717) is 25.5 Å². The van der Waals surface area contributed by atoms with Gasteiger partial charge in [-0.05, 0) is 24.6 Å². The van der Waals surface area contributed by atoms with Gasteiger partial charge in [-0.2, -0.15) is 4.98 Å². The molecule has 7 nitrogen and oxygen atoms in total. The number of amides is 1. The molecule has 2 rings (SSSR count). The number of benzene rings is 1. The highest BCUT2D eigenvalue weighted by Crippen LogP contribution is 2.12. The van der Waals surface area contributed by atoms with Crippen LogP contribution in [0.3, 0.4) is 0 Å². The lowest BCUT2D eigenvalue weighted by Gasteiger charge is -2.14. The van der Waals surface area contributed by atoms with Gasteiger partial charge in [0.15, 0.2) is 0 Å². The Bertz CT molecular complexity index is 701. The summed E-state index contributed by atoms with van der Waals surface area (Å²) in [6, 6.07) is 9.39. The summed E-state index contributed by atoms with van der Waals surface area (Å²) in [5, 5.41) is 6.02. The Kier molecular flexibility index (Phi) is 6.56. The Morgan fingerprint density at radius 1 is 1.16 bits per heavy atom. The molecule has 1 amide bonds. The number of hydrogen-bond acceptors (Lipinski definition) is 6. The number of carbonyl (C=O) groups is 1. The quantitative estimate of drug-likeness (QED) is 0.709. The van der Waals surface area contributed by atoms with Gasteiger partial charge in [-0.15, -0.1) is 0 Å². The van der Waals surface area contributed by atoms with Crippen molar-refractivity contribution in [1.29, 1.82) is 0 Å². The molecule has 7 heteroatoms. The lowest BCUT2D eigenvalue weighted by atomic mass is 10.1. The number of nitrogens with zero attached hydrogens (tertiary/aromatic N) is 3. The lowest BCUT2D eigenvalue weighted by Crippen LogP contribution is -2.30. The molecule has 0 aliphatic carbocycles. The monoisotopic (exact) mass is 343 g/mol. The molecule has 0 unspecified atom stereocenters. The van der Waals surface area contributed by atoms with Crippen molar-refractivity contribution in [2.45, 2.75) is 13.3 Å². The third-order valence-corrected chi connectivity index (χ3v) is 3.55. The van der Waals surface area contributed by atoms with Crippen molar-refractivity contribution < 1.29 is 9.53 Å². The number of nitrogens with one attached hydrogen (secondary N) is 2. The highest BCUT2D eigenvalue weighted by atomic mass is 16.5. The summed E-state index contributed by atoms with van der Waals surface area (Å²) in [6.45, 7) is 2.99. The van der Waals surface area contributed by atoms with Crippen molar-refractivity contribution in [3.63, 3.8) is 0 Å².